The molecule has 13 heavy (non-hydrogen) atoms. The summed E-state index contributed by atoms with van der Waals surface area (Å²) in [6, 6.07) is 4.15. The van der Waals surface area contributed by atoms with E-state index in [0.717, 1.165) is 0 Å². The molecule has 0 aliphatic carbocycles. The Morgan fingerprint density at radius 3 is 2.31 bits per heavy atom. The molecule has 0 heterocycles. The largest absolute Gasteiger partial charge is 0.478 e. The lowest BCUT2D eigenvalue weighted by Gasteiger charge is -2.04. The third-order valence-electron chi connectivity index (χ3n) is 1.57. The molecule has 0 unspecified atom stereocenters. The van der Waals surface area contributed by atoms with Gasteiger partial charge in [-0.05, 0) is 12.1 Å². The molecule has 0 saturated heterocycles. The third-order valence-corrected chi connectivity index (χ3v) is 1.57. The number of carbonyl (C=O) groups is 2. The summed E-state index contributed by atoms with van der Waals surface area (Å²) in [6.45, 7) is 0. The zero-order chi connectivity index (χ0) is 10.0. The van der Waals surface area contributed by atoms with Crippen molar-refractivity contribution in [2.75, 3.05) is 5.73 Å². The lowest BCUT2D eigenvalue weighted by Crippen LogP contribution is -2.18. The van der Waals surface area contributed by atoms with E-state index in [2.05, 4.69) is 0 Å². The van der Waals surface area contributed by atoms with E-state index in [-0.39, 0.29) is 16.8 Å². The van der Waals surface area contributed by atoms with E-state index in [9.17, 15) is 9.59 Å². The van der Waals surface area contributed by atoms with Gasteiger partial charge < -0.3 is 16.6 Å². The summed E-state index contributed by atoms with van der Waals surface area (Å²) in [5.74, 6) is -2.06. The van der Waals surface area contributed by atoms with E-state index in [1.165, 1.54) is 18.2 Å². The number of benzene rings is 1. The summed E-state index contributed by atoms with van der Waals surface area (Å²) in [5, 5.41) is 8.68. The SMILES string of the molecule is NC(=O)c1c(N)cccc1C(=O)O. The minimum atomic E-state index is -1.22. The molecule has 0 bridgehead atoms. The zero-order valence-electron chi connectivity index (χ0n) is 6.65. The number of primary amides is 1. The molecule has 0 aliphatic heterocycles. The summed E-state index contributed by atoms with van der Waals surface area (Å²) in [7, 11) is 0. The van der Waals surface area contributed by atoms with Gasteiger partial charge in [0.05, 0.1) is 11.1 Å². The maximum Gasteiger partial charge on any atom is 0.336 e. The molecule has 0 aliphatic rings. The Hall–Kier alpha value is -2.04. The van der Waals surface area contributed by atoms with Crippen LogP contribution in [-0.2, 0) is 0 Å². The normalized spacial score (nSPS) is 9.54. The highest BCUT2D eigenvalue weighted by molar-refractivity contribution is 6.07. The number of hydrogen-bond acceptors (Lipinski definition) is 3. The summed E-state index contributed by atoms with van der Waals surface area (Å²) < 4.78 is 0. The first-order valence-electron chi connectivity index (χ1n) is 3.45. The van der Waals surface area contributed by atoms with Gasteiger partial charge in [-0.25, -0.2) is 4.79 Å². The molecule has 0 saturated carbocycles. The fourth-order valence-corrected chi connectivity index (χ4v) is 1.02. The number of carboxylic acids is 1. The maximum absolute atomic E-state index is 10.8. The first-order valence-corrected chi connectivity index (χ1v) is 3.45. The average molecular weight is 180 g/mol. The van der Waals surface area contributed by atoms with Crippen LogP contribution < -0.4 is 11.5 Å². The van der Waals surface area contributed by atoms with Gasteiger partial charge in [0, 0.05) is 5.69 Å². The smallest absolute Gasteiger partial charge is 0.336 e. The van der Waals surface area contributed by atoms with Crippen LogP contribution >= 0.6 is 0 Å². The Morgan fingerprint density at radius 2 is 1.92 bits per heavy atom. The number of aromatic carboxylic acids is 1. The molecule has 1 aromatic carbocycles. The number of rotatable bonds is 2. The Morgan fingerprint density at radius 1 is 1.31 bits per heavy atom. The zero-order valence-corrected chi connectivity index (χ0v) is 6.65. The first kappa shape index (κ1) is 9.05. The number of nitrogen functional groups attached to an aromatic ring is 1. The quantitative estimate of drug-likeness (QED) is 0.559. The molecule has 5 heteroatoms. The maximum atomic E-state index is 10.8. The molecule has 5 N–H and O–H groups in total. The first-order chi connectivity index (χ1) is 6.04. The van der Waals surface area contributed by atoms with E-state index >= 15 is 0 Å². The van der Waals surface area contributed by atoms with E-state index in [0.29, 0.717) is 0 Å². The molecule has 1 aromatic rings. The fraction of sp³-hybridized carbons (Fsp3) is 0. The lowest BCUT2D eigenvalue weighted by atomic mass is 10.1. The molecule has 1 amide bonds. The number of anilines is 1. The van der Waals surface area contributed by atoms with E-state index < -0.39 is 11.9 Å². The van der Waals surface area contributed by atoms with Crippen molar-refractivity contribution in [2.24, 2.45) is 5.73 Å². The summed E-state index contributed by atoms with van der Waals surface area (Å²) in [4.78, 5) is 21.4. The van der Waals surface area contributed by atoms with Crippen molar-refractivity contribution in [1.82, 2.24) is 0 Å². The predicted molar refractivity (Wildman–Crippen MR) is 46.3 cm³/mol. The van der Waals surface area contributed by atoms with Crippen LogP contribution in [0.3, 0.4) is 0 Å². The number of hydrogen-bond donors (Lipinski definition) is 3. The van der Waals surface area contributed by atoms with Crippen molar-refractivity contribution in [1.29, 1.82) is 0 Å². The van der Waals surface area contributed by atoms with Crippen molar-refractivity contribution < 1.29 is 14.7 Å². The van der Waals surface area contributed by atoms with Crippen LogP contribution in [0.15, 0.2) is 18.2 Å². The Balaban J connectivity index is 3.43. The van der Waals surface area contributed by atoms with Crippen molar-refractivity contribution >= 4 is 17.6 Å². The molecule has 0 radical (unpaired) electrons. The van der Waals surface area contributed by atoms with Gasteiger partial charge in [0.15, 0.2) is 0 Å². The predicted octanol–water partition coefficient (Wildman–Crippen LogP) is 0.0659. The monoisotopic (exact) mass is 180 g/mol. The highest BCUT2D eigenvalue weighted by atomic mass is 16.4. The van der Waals surface area contributed by atoms with Gasteiger partial charge in [0.1, 0.15) is 0 Å². The Kier molecular flexibility index (Phi) is 2.19. The molecule has 0 spiro atoms. The Labute approximate surface area is 74.0 Å². The van der Waals surface area contributed by atoms with E-state index in [4.69, 9.17) is 16.6 Å². The van der Waals surface area contributed by atoms with Crippen molar-refractivity contribution in [3.63, 3.8) is 0 Å². The van der Waals surface area contributed by atoms with Gasteiger partial charge in [-0.1, -0.05) is 6.07 Å². The molecule has 1 rings (SSSR count). The molecular formula is C8H8N2O3. The van der Waals surface area contributed by atoms with Crippen LogP contribution in [0.5, 0.6) is 0 Å². The van der Waals surface area contributed by atoms with Crippen LogP contribution in [0.25, 0.3) is 0 Å². The van der Waals surface area contributed by atoms with Crippen LogP contribution in [0.2, 0.25) is 0 Å². The summed E-state index contributed by atoms with van der Waals surface area (Å²) >= 11 is 0. The topological polar surface area (TPSA) is 106 Å². The third kappa shape index (κ3) is 1.58. The summed E-state index contributed by atoms with van der Waals surface area (Å²) in [5.41, 5.74) is 10.1. The van der Waals surface area contributed by atoms with Gasteiger partial charge in [0.25, 0.3) is 5.91 Å². The molecule has 68 valence electrons. The highest BCUT2D eigenvalue weighted by Crippen LogP contribution is 2.15. The lowest BCUT2D eigenvalue weighted by molar-refractivity contribution is 0.0692. The molecule has 0 fully saturated rings. The van der Waals surface area contributed by atoms with Crippen molar-refractivity contribution in [2.45, 2.75) is 0 Å². The molecule has 0 aromatic heterocycles. The van der Waals surface area contributed by atoms with Gasteiger partial charge in [-0.3, -0.25) is 4.79 Å². The van der Waals surface area contributed by atoms with Crippen LogP contribution in [0, 0.1) is 0 Å². The second-order valence-corrected chi connectivity index (χ2v) is 2.44. The second kappa shape index (κ2) is 3.14. The van der Waals surface area contributed by atoms with Gasteiger partial charge >= 0.3 is 5.97 Å². The van der Waals surface area contributed by atoms with Crippen LogP contribution in [0.4, 0.5) is 5.69 Å². The molecule has 0 atom stereocenters. The van der Waals surface area contributed by atoms with Gasteiger partial charge in [-0.15, -0.1) is 0 Å². The minimum Gasteiger partial charge on any atom is -0.478 e. The summed E-state index contributed by atoms with van der Waals surface area (Å²) in [6.07, 6.45) is 0. The van der Waals surface area contributed by atoms with Gasteiger partial charge in [0.2, 0.25) is 0 Å². The van der Waals surface area contributed by atoms with Gasteiger partial charge in [-0.2, -0.15) is 0 Å². The standard InChI is InChI=1S/C8H8N2O3/c9-5-3-1-2-4(8(12)13)6(5)7(10)11/h1-3H,9H2,(H2,10,11)(H,12,13). The number of nitrogens with two attached hydrogens (primary N) is 2. The average Bonchev–Trinajstić information content (AvgIpc) is 2.02. The Bertz CT molecular complexity index is 374. The van der Waals surface area contributed by atoms with E-state index in [1.807, 2.05) is 0 Å². The number of amides is 1. The highest BCUT2D eigenvalue weighted by Gasteiger charge is 2.16. The molecular weight excluding hydrogens is 172 g/mol. The van der Waals surface area contributed by atoms with Crippen molar-refractivity contribution in [3.8, 4) is 0 Å². The second-order valence-electron chi connectivity index (χ2n) is 2.44. The van der Waals surface area contributed by atoms with E-state index in [1.54, 1.807) is 0 Å². The number of carbonyl (C=O) groups excluding carboxylic acids is 1. The van der Waals surface area contributed by atoms with Crippen LogP contribution in [-0.4, -0.2) is 17.0 Å². The minimum absolute atomic E-state index is 0.0763. The fourth-order valence-electron chi connectivity index (χ4n) is 1.02. The van der Waals surface area contributed by atoms with Crippen molar-refractivity contribution in [3.05, 3.63) is 29.3 Å². The molecule has 5 nitrogen and oxygen atoms in total. The van der Waals surface area contributed by atoms with Crippen LogP contribution in [0.1, 0.15) is 20.7 Å². The number of carboxylic acid groups (broad SMARTS) is 1.